The number of likely N-dealkylation sites (tertiary alicyclic amines) is 1. The third-order valence-corrected chi connectivity index (χ3v) is 5.32. The number of piperidine rings is 1. The Hall–Kier alpha value is -2.89. The average molecular weight is 368 g/mol. The summed E-state index contributed by atoms with van der Waals surface area (Å²) in [5.41, 5.74) is 0.970. The van der Waals surface area contributed by atoms with E-state index in [4.69, 9.17) is 4.74 Å². The Morgan fingerprint density at radius 2 is 1.81 bits per heavy atom. The van der Waals surface area contributed by atoms with E-state index in [1.54, 1.807) is 23.1 Å². The number of urea groups is 1. The van der Waals surface area contributed by atoms with Crippen molar-refractivity contribution in [3.05, 3.63) is 65.5 Å². The van der Waals surface area contributed by atoms with Crippen LogP contribution >= 0.6 is 0 Å². The van der Waals surface area contributed by atoms with Gasteiger partial charge in [-0.2, -0.15) is 0 Å². The normalized spacial score (nSPS) is 18.0. The molecule has 2 heterocycles. The van der Waals surface area contributed by atoms with Gasteiger partial charge in [0.2, 0.25) is 0 Å². The maximum Gasteiger partial charge on any atom is 0.317 e. The van der Waals surface area contributed by atoms with Gasteiger partial charge in [0.15, 0.2) is 5.78 Å². The molecule has 1 spiro atoms. The summed E-state index contributed by atoms with van der Waals surface area (Å²) in [5, 5.41) is 2.86. The molecule has 1 fully saturated rings. The first-order chi connectivity index (χ1) is 13.0. The van der Waals surface area contributed by atoms with Crippen LogP contribution in [0.5, 0.6) is 5.75 Å². The predicted octanol–water partition coefficient (Wildman–Crippen LogP) is 3.54. The third-order valence-electron chi connectivity index (χ3n) is 5.32. The van der Waals surface area contributed by atoms with Gasteiger partial charge in [-0.1, -0.05) is 24.3 Å². The van der Waals surface area contributed by atoms with E-state index in [-0.39, 0.29) is 17.6 Å². The van der Waals surface area contributed by atoms with E-state index in [9.17, 15) is 14.0 Å². The quantitative estimate of drug-likeness (QED) is 0.882. The summed E-state index contributed by atoms with van der Waals surface area (Å²) in [6.07, 6.45) is 1.60. The van der Waals surface area contributed by atoms with Crippen molar-refractivity contribution in [2.75, 3.05) is 13.1 Å². The first-order valence-electron chi connectivity index (χ1n) is 9.13. The number of hydrogen-bond acceptors (Lipinski definition) is 3. The number of nitrogens with zero attached hydrogens (tertiary/aromatic N) is 1. The molecule has 4 rings (SSSR count). The molecule has 0 aromatic heterocycles. The number of ether oxygens (including phenoxy) is 1. The molecule has 1 N–H and O–H groups in total. The second kappa shape index (κ2) is 7.02. The first-order valence-corrected chi connectivity index (χ1v) is 9.13. The van der Waals surface area contributed by atoms with E-state index in [0.717, 1.165) is 5.56 Å². The molecule has 5 nitrogen and oxygen atoms in total. The zero-order valence-corrected chi connectivity index (χ0v) is 14.9. The van der Waals surface area contributed by atoms with Crippen LogP contribution in [0.25, 0.3) is 0 Å². The number of nitrogens with one attached hydrogen (secondary N) is 1. The zero-order chi connectivity index (χ0) is 18.9. The number of carbonyl (C=O) groups excluding carboxylic acids is 2. The Balaban J connectivity index is 1.34. The molecule has 0 bridgehead atoms. The SMILES string of the molecule is O=C1CC2(CCN(C(=O)NCc3ccc(F)cc3)CC2)Oc2ccccc21. The molecule has 0 radical (unpaired) electrons. The number of Topliss-reactive ketones (excluding diaryl/α,β-unsaturated/α-hetero) is 1. The van der Waals surface area contributed by atoms with E-state index in [1.165, 1.54) is 12.1 Å². The van der Waals surface area contributed by atoms with Gasteiger partial charge in [-0.25, -0.2) is 9.18 Å². The Bertz CT molecular complexity index is 858. The Morgan fingerprint density at radius 1 is 1.11 bits per heavy atom. The molecule has 2 aliphatic heterocycles. The summed E-state index contributed by atoms with van der Waals surface area (Å²) in [7, 11) is 0. The summed E-state index contributed by atoms with van der Waals surface area (Å²) in [6.45, 7) is 1.42. The van der Waals surface area contributed by atoms with Crippen LogP contribution < -0.4 is 10.1 Å². The maximum absolute atomic E-state index is 12.9. The van der Waals surface area contributed by atoms with Gasteiger partial charge in [0.25, 0.3) is 0 Å². The summed E-state index contributed by atoms with van der Waals surface area (Å²) in [5.74, 6) is 0.448. The number of fused-ring (bicyclic) bond motifs is 1. The second-order valence-electron chi connectivity index (χ2n) is 7.15. The first kappa shape index (κ1) is 17.5. The van der Waals surface area contributed by atoms with Crippen LogP contribution in [0.2, 0.25) is 0 Å². The Labute approximate surface area is 157 Å². The molecule has 0 aliphatic carbocycles. The minimum atomic E-state index is -0.515. The van der Waals surface area contributed by atoms with Crippen molar-refractivity contribution in [3.63, 3.8) is 0 Å². The number of benzene rings is 2. The molecule has 0 atom stereocenters. The number of para-hydroxylation sites is 1. The molecular weight excluding hydrogens is 347 g/mol. The highest BCUT2D eigenvalue weighted by Gasteiger charge is 2.43. The van der Waals surface area contributed by atoms with Crippen LogP contribution in [-0.2, 0) is 6.54 Å². The molecule has 1 saturated heterocycles. The molecule has 2 amide bonds. The molecule has 2 aromatic carbocycles. The number of halogens is 1. The molecule has 2 aliphatic rings. The number of carbonyl (C=O) groups is 2. The van der Waals surface area contributed by atoms with Gasteiger partial charge in [0.05, 0.1) is 12.0 Å². The van der Waals surface area contributed by atoms with Crippen LogP contribution in [0.3, 0.4) is 0 Å². The molecule has 2 aromatic rings. The van der Waals surface area contributed by atoms with Gasteiger partial charge in [-0.3, -0.25) is 4.79 Å². The molecule has 0 unspecified atom stereocenters. The fourth-order valence-corrected chi connectivity index (χ4v) is 3.73. The largest absolute Gasteiger partial charge is 0.486 e. The minimum Gasteiger partial charge on any atom is -0.486 e. The van der Waals surface area contributed by atoms with Crippen LogP contribution in [-0.4, -0.2) is 35.4 Å². The van der Waals surface area contributed by atoms with Gasteiger partial charge in [-0.15, -0.1) is 0 Å². The van der Waals surface area contributed by atoms with Crippen molar-refractivity contribution in [2.45, 2.75) is 31.4 Å². The fraction of sp³-hybridized carbons (Fsp3) is 0.333. The van der Waals surface area contributed by atoms with Gasteiger partial charge < -0.3 is 15.0 Å². The van der Waals surface area contributed by atoms with Crippen LogP contribution in [0.15, 0.2) is 48.5 Å². The summed E-state index contributed by atoms with van der Waals surface area (Å²) >= 11 is 0. The highest BCUT2D eigenvalue weighted by atomic mass is 19.1. The van der Waals surface area contributed by atoms with E-state index in [2.05, 4.69) is 5.32 Å². The molecule has 0 saturated carbocycles. The molecular formula is C21H21FN2O3. The van der Waals surface area contributed by atoms with E-state index < -0.39 is 5.60 Å². The van der Waals surface area contributed by atoms with Crippen LogP contribution in [0.1, 0.15) is 35.2 Å². The predicted molar refractivity (Wildman–Crippen MR) is 98.2 cm³/mol. The average Bonchev–Trinajstić information content (AvgIpc) is 2.68. The van der Waals surface area contributed by atoms with Crippen molar-refractivity contribution in [1.82, 2.24) is 10.2 Å². The summed E-state index contributed by atoms with van der Waals surface area (Å²) in [4.78, 5) is 26.6. The zero-order valence-electron chi connectivity index (χ0n) is 14.9. The highest BCUT2D eigenvalue weighted by Crippen LogP contribution is 2.39. The lowest BCUT2D eigenvalue weighted by molar-refractivity contribution is -0.000697. The van der Waals surface area contributed by atoms with Crippen LogP contribution in [0, 0.1) is 5.82 Å². The van der Waals surface area contributed by atoms with Crippen molar-refractivity contribution in [1.29, 1.82) is 0 Å². The minimum absolute atomic E-state index is 0.103. The van der Waals surface area contributed by atoms with Gasteiger partial charge in [0, 0.05) is 32.5 Å². The number of rotatable bonds is 2. The number of amides is 2. The molecule has 27 heavy (non-hydrogen) atoms. The van der Waals surface area contributed by atoms with Crippen molar-refractivity contribution in [3.8, 4) is 5.75 Å². The van der Waals surface area contributed by atoms with Crippen molar-refractivity contribution in [2.24, 2.45) is 0 Å². The fourth-order valence-electron chi connectivity index (χ4n) is 3.73. The molecule has 140 valence electrons. The number of ketones is 1. The van der Waals surface area contributed by atoms with E-state index in [1.807, 2.05) is 18.2 Å². The summed E-state index contributed by atoms with van der Waals surface area (Å²) < 4.78 is 19.1. The highest BCUT2D eigenvalue weighted by molar-refractivity contribution is 6.00. The van der Waals surface area contributed by atoms with E-state index >= 15 is 0 Å². The Kier molecular flexibility index (Phi) is 4.56. The summed E-state index contributed by atoms with van der Waals surface area (Å²) in [6, 6.07) is 13.2. The third kappa shape index (κ3) is 3.65. The second-order valence-corrected chi connectivity index (χ2v) is 7.15. The lowest BCUT2D eigenvalue weighted by Crippen LogP contribution is -2.54. The topological polar surface area (TPSA) is 58.6 Å². The van der Waals surface area contributed by atoms with Gasteiger partial charge in [0.1, 0.15) is 17.2 Å². The van der Waals surface area contributed by atoms with Gasteiger partial charge in [-0.05, 0) is 29.8 Å². The smallest absolute Gasteiger partial charge is 0.317 e. The van der Waals surface area contributed by atoms with Crippen molar-refractivity contribution < 1.29 is 18.7 Å². The van der Waals surface area contributed by atoms with Crippen molar-refractivity contribution >= 4 is 11.8 Å². The maximum atomic E-state index is 12.9. The lowest BCUT2D eigenvalue weighted by atomic mass is 9.82. The number of hydrogen-bond donors (Lipinski definition) is 1. The molecule has 6 heteroatoms. The standard InChI is InChI=1S/C21H21FN2O3/c22-16-7-5-15(6-8-16)14-23-20(26)24-11-9-21(10-12-24)13-18(25)17-3-1-2-4-19(17)27-21/h1-8H,9-14H2,(H,23,26). The van der Waals surface area contributed by atoms with E-state index in [0.29, 0.717) is 50.2 Å². The monoisotopic (exact) mass is 368 g/mol. The lowest BCUT2D eigenvalue weighted by Gasteiger charge is -2.43. The van der Waals surface area contributed by atoms with Gasteiger partial charge >= 0.3 is 6.03 Å². The Morgan fingerprint density at radius 3 is 2.56 bits per heavy atom. The van der Waals surface area contributed by atoms with Crippen LogP contribution in [0.4, 0.5) is 9.18 Å².